The van der Waals surface area contributed by atoms with Gasteiger partial charge in [-0.15, -0.1) is 0 Å². The molecule has 5 aliphatic rings. The van der Waals surface area contributed by atoms with Crippen LogP contribution in [0.1, 0.15) is 78.7 Å². The van der Waals surface area contributed by atoms with Gasteiger partial charge in [-0.05, 0) is 60.5 Å². The number of carbonyl (C=O) groups is 2. The van der Waals surface area contributed by atoms with Crippen molar-refractivity contribution in [2.45, 2.75) is 91.5 Å². The molecule has 178 valence electrons. The van der Waals surface area contributed by atoms with Crippen molar-refractivity contribution in [3.63, 3.8) is 0 Å². The first-order valence-electron chi connectivity index (χ1n) is 12.6. The summed E-state index contributed by atoms with van der Waals surface area (Å²) >= 11 is 0. The summed E-state index contributed by atoms with van der Waals surface area (Å²) < 4.78 is 17.8. The molecular formula is C28H36O5. The molecule has 0 amide bonds. The van der Waals surface area contributed by atoms with Gasteiger partial charge in [0.2, 0.25) is 0 Å². The molecule has 5 nitrogen and oxygen atoms in total. The number of allylic oxidation sites excluding steroid dienone is 1. The molecule has 0 spiro atoms. The minimum absolute atomic E-state index is 0.000528. The molecule has 4 fully saturated rings. The van der Waals surface area contributed by atoms with Gasteiger partial charge in [-0.25, -0.2) is 0 Å². The molecule has 3 saturated carbocycles. The molecule has 33 heavy (non-hydrogen) atoms. The number of rotatable bonds is 2. The van der Waals surface area contributed by atoms with Crippen molar-refractivity contribution < 1.29 is 23.5 Å². The van der Waals surface area contributed by atoms with Crippen molar-refractivity contribution in [3.8, 4) is 0 Å². The van der Waals surface area contributed by atoms with E-state index in [4.69, 9.17) is 13.9 Å². The van der Waals surface area contributed by atoms with Gasteiger partial charge in [-0.3, -0.25) is 9.59 Å². The Morgan fingerprint density at radius 2 is 1.91 bits per heavy atom. The van der Waals surface area contributed by atoms with Crippen molar-refractivity contribution in [2.75, 3.05) is 0 Å². The molecule has 1 aromatic rings. The largest absolute Gasteiger partial charge is 0.472 e. The van der Waals surface area contributed by atoms with E-state index >= 15 is 0 Å². The maximum atomic E-state index is 13.2. The van der Waals surface area contributed by atoms with Gasteiger partial charge >= 0.3 is 5.97 Å². The summed E-state index contributed by atoms with van der Waals surface area (Å²) in [6.07, 6.45) is 9.39. The van der Waals surface area contributed by atoms with E-state index in [-0.39, 0.29) is 58.1 Å². The molecule has 9 atom stereocenters. The number of epoxide rings is 1. The fraction of sp³-hybridized carbons (Fsp3) is 0.714. The highest BCUT2D eigenvalue weighted by molar-refractivity contribution is 5.92. The highest BCUT2D eigenvalue weighted by Gasteiger charge is 2.77. The average Bonchev–Trinajstić information content (AvgIpc) is 3.21. The Morgan fingerprint density at radius 1 is 1.15 bits per heavy atom. The summed E-state index contributed by atoms with van der Waals surface area (Å²) in [6, 6.07) is 2.10. The molecule has 1 saturated heterocycles. The number of hydrogen-bond acceptors (Lipinski definition) is 5. The predicted octanol–water partition coefficient (Wildman–Crippen LogP) is 5.45. The first-order valence-corrected chi connectivity index (χ1v) is 12.6. The lowest BCUT2D eigenvalue weighted by atomic mass is 9.37. The van der Waals surface area contributed by atoms with Crippen LogP contribution < -0.4 is 0 Å². The third kappa shape index (κ3) is 2.47. The number of fused-ring (bicyclic) bond motifs is 7. The SMILES string of the molecule is CC(=O)O[C@@H]1CC2C(C)(C)C(=O)[C@@H]3O[C@@H]3[C@]2(C)C2CC[C@]3(C)C(=CC[C@H]3c3ccoc3)[C@@]21C. The normalized spacial score (nSPS) is 49.3. The van der Waals surface area contributed by atoms with Gasteiger partial charge in [-0.1, -0.05) is 46.3 Å². The van der Waals surface area contributed by atoms with Crippen molar-refractivity contribution in [1.29, 1.82) is 0 Å². The van der Waals surface area contributed by atoms with Gasteiger partial charge in [0.15, 0.2) is 5.78 Å². The van der Waals surface area contributed by atoms with Gasteiger partial charge < -0.3 is 13.9 Å². The quantitative estimate of drug-likeness (QED) is 0.339. The molecule has 0 aromatic carbocycles. The molecule has 4 aliphatic carbocycles. The smallest absolute Gasteiger partial charge is 0.302 e. The Morgan fingerprint density at radius 3 is 2.58 bits per heavy atom. The molecule has 2 unspecified atom stereocenters. The van der Waals surface area contributed by atoms with E-state index in [1.807, 2.05) is 6.26 Å². The lowest BCUT2D eigenvalue weighted by Crippen LogP contribution is -2.67. The van der Waals surface area contributed by atoms with E-state index in [2.05, 4.69) is 46.8 Å². The second-order valence-corrected chi connectivity index (χ2v) is 12.6. The molecule has 6 rings (SSSR count). The van der Waals surface area contributed by atoms with Gasteiger partial charge in [0.05, 0.1) is 18.6 Å². The summed E-state index contributed by atoms with van der Waals surface area (Å²) in [5.41, 5.74) is 1.80. The maximum absolute atomic E-state index is 13.2. The lowest BCUT2D eigenvalue weighted by Gasteiger charge is -2.66. The zero-order valence-electron chi connectivity index (χ0n) is 20.6. The van der Waals surface area contributed by atoms with E-state index in [9.17, 15) is 9.59 Å². The summed E-state index contributed by atoms with van der Waals surface area (Å²) in [7, 11) is 0. The number of ether oxygens (including phenoxy) is 2. The van der Waals surface area contributed by atoms with Gasteiger partial charge in [0.1, 0.15) is 12.2 Å². The Hall–Kier alpha value is -1.88. The minimum Gasteiger partial charge on any atom is -0.472 e. The lowest BCUT2D eigenvalue weighted by molar-refractivity contribution is -0.201. The fourth-order valence-electron chi connectivity index (χ4n) is 9.44. The van der Waals surface area contributed by atoms with E-state index in [0.29, 0.717) is 12.3 Å². The molecule has 5 heteroatoms. The molecular weight excluding hydrogens is 416 g/mol. The third-order valence-electron chi connectivity index (χ3n) is 10.9. The van der Waals surface area contributed by atoms with E-state index in [1.165, 1.54) is 18.1 Å². The van der Waals surface area contributed by atoms with Crippen LogP contribution in [-0.4, -0.2) is 30.1 Å². The number of carbonyl (C=O) groups excluding carboxylic acids is 2. The number of esters is 1. The second-order valence-electron chi connectivity index (χ2n) is 12.6. The van der Waals surface area contributed by atoms with Crippen molar-refractivity contribution in [1.82, 2.24) is 0 Å². The van der Waals surface area contributed by atoms with Gasteiger partial charge in [-0.2, -0.15) is 0 Å². The van der Waals surface area contributed by atoms with Crippen LogP contribution in [0.3, 0.4) is 0 Å². The maximum Gasteiger partial charge on any atom is 0.302 e. The van der Waals surface area contributed by atoms with Crippen molar-refractivity contribution in [2.24, 2.45) is 33.5 Å². The number of Topliss-reactive ketones (excluding diaryl/α,β-unsaturated/α-hetero) is 1. The summed E-state index contributed by atoms with van der Waals surface area (Å²) in [5.74, 6) is 0.779. The number of furan rings is 1. The topological polar surface area (TPSA) is 69.0 Å². The van der Waals surface area contributed by atoms with Crippen LogP contribution in [0.25, 0.3) is 0 Å². The minimum atomic E-state index is -0.490. The molecule has 0 N–H and O–H groups in total. The summed E-state index contributed by atoms with van der Waals surface area (Å²) in [4.78, 5) is 25.6. The second kappa shape index (κ2) is 6.41. The van der Waals surface area contributed by atoms with Gasteiger partial charge in [0, 0.05) is 23.2 Å². The molecule has 0 radical (unpaired) electrons. The highest BCUT2D eigenvalue weighted by atomic mass is 16.6. The van der Waals surface area contributed by atoms with Crippen LogP contribution in [0, 0.1) is 33.5 Å². The molecule has 1 aromatic heterocycles. The highest BCUT2D eigenvalue weighted by Crippen LogP contribution is 2.75. The van der Waals surface area contributed by atoms with E-state index < -0.39 is 5.41 Å². The average molecular weight is 453 g/mol. The first kappa shape index (κ1) is 21.6. The zero-order valence-corrected chi connectivity index (χ0v) is 20.6. The number of hydrogen-bond donors (Lipinski definition) is 0. The molecule has 1 aliphatic heterocycles. The molecule has 0 bridgehead atoms. The van der Waals surface area contributed by atoms with Crippen LogP contribution in [0.4, 0.5) is 0 Å². The Kier molecular flexibility index (Phi) is 4.20. The fourth-order valence-corrected chi connectivity index (χ4v) is 9.44. The predicted molar refractivity (Wildman–Crippen MR) is 122 cm³/mol. The van der Waals surface area contributed by atoms with Gasteiger partial charge in [0.25, 0.3) is 0 Å². The number of ketones is 1. The van der Waals surface area contributed by atoms with E-state index in [0.717, 1.165) is 19.3 Å². The molecule has 2 heterocycles. The summed E-state index contributed by atoms with van der Waals surface area (Å²) in [6.45, 7) is 12.8. The van der Waals surface area contributed by atoms with Crippen molar-refractivity contribution >= 4 is 11.8 Å². The van der Waals surface area contributed by atoms with Crippen LogP contribution >= 0.6 is 0 Å². The van der Waals surface area contributed by atoms with Crippen LogP contribution in [0.2, 0.25) is 0 Å². The Labute approximate surface area is 196 Å². The monoisotopic (exact) mass is 452 g/mol. The van der Waals surface area contributed by atoms with Crippen LogP contribution in [-0.2, 0) is 19.1 Å². The Balaban J connectivity index is 1.48. The van der Waals surface area contributed by atoms with Crippen molar-refractivity contribution in [3.05, 3.63) is 35.8 Å². The van der Waals surface area contributed by atoms with Crippen LogP contribution in [0.15, 0.2) is 34.7 Å². The zero-order chi connectivity index (χ0) is 23.6. The third-order valence-corrected chi connectivity index (χ3v) is 10.9. The standard InChI is InChI=1S/C28H36O5/c1-15(29)32-21-13-20-25(2,3)23(30)22-24(33-22)28(20,6)19-9-11-26(4)17(16-10-12-31-14-16)7-8-18(26)27(19,21)5/h8,10,12,14,17,19-22,24H,7,9,11,13H2,1-6H3/t17-,19?,20?,21+,22-,24-,26-,27-,28+/m0/s1. The van der Waals surface area contributed by atoms with E-state index in [1.54, 1.807) is 6.26 Å². The first-order chi connectivity index (χ1) is 15.5. The Bertz CT molecular complexity index is 1050. The summed E-state index contributed by atoms with van der Waals surface area (Å²) in [5, 5.41) is 0. The van der Waals surface area contributed by atoms with Crippen LogP contribution in [0.5, 0.6) is 0 Å².